The second-order valence-electron chi connectivity index (χ2n) is 4.75. The van der Waals surface area contributed by atoms with Crippen molar-refractivity contribution >= 4 is 55.0 Å². The van der Waals surface area contributed by atoms with Crippen LogP contribution in [0.4, 0.5) is 11.5 Å². The minimum absolute atomic E-state index is 0.222. The Balaban J connectivity index is 2.45. The predicted molar refractivity (Wildman–Crippen MR) is 91.0 cm³/mol. The number of aromatic nitrogens is 2. The Kier molecular flexibility index (Phi) is 5.04. The van der Waals surface area contributed by atoms with Crippen LogP contribution in [0.3, 0.4) is 0 Å². The molecule has 0 spiro atoms. The molecular formula is C14H14Br2ClN3. The lowest BCUT2D eigenvalue weighted by atomic mass is 10.2. The average molecular weight is 420 g/mol. The normalized spacial score (nSPS) is 10.9. The molecule has 0 unspecified atom stereocenters. The highest BCUT2D eigenvalue weighted by Gasteiger charge is 2.13. The van der Waals surface area contributed by atoms with Crippen molar-refractivity contribution in [3.8, 4) is 0 Å². The standard InChI is InChI=1S/C14H14Br2ClN3/c1-7(2)13-19-12(17)8(3)14(20-13)18-11-6-9(15)4-5-10(11)16/h4-7H,1-3H3,(H,18,19,20). The van der Waals surface area contributed by atoms with Gasteiger partial charge in [0.1, 0.15) is 16.8 Å². The monoisotopic (exact) mass is 417 g/mol. The minimum atomic E-state index is 0.222. The summed E-state index contributed by atoms with van der Waals surface area (Å²) >= 11 is 13.2. The number of anilines is 2. The molecule has 20 heavy (non-hydrogen) atoms. The molecule has 0 fully saturated rings. The van der Waals surface area contributed by atoms with Crippen molar-refractivity contribution in [1.29, 1.82) is 0 Å². The molecule has 2 rings (SSSR count). The van der Waals surface area contributed by atoms with Crippen LogP contribution in [-0.4, -0.2) is 9.97 Å². The summed E-state index contributed by atoms with van der Waals surface area (Å²) in [5.74, 6) is 1.68. The Morgan fingerprint density at radius 3 is 2.55 bits per heavy atom. The quantitative estimate of drug-likeness (QED) is 0.636. The van der Waals surface area contributed by atoms with Crippen LogP contribution in [0.2, 0.25) is 5.15 Å². The summed E-state index contributed by atoms with van der Waals surface area (Å²) in [6.07, 6.45) is 0. The summed E-state index contributed by atoms with van der Waals surface area (Å²) in [4.78, 5) is 8.86. The highest BCUT2D eigenvalue weighted by molar-refractivity contribution is 9.11. The average Bonchev–Trinajstić information content (AvgIpc) is 2.38. The topological polar surface area (TPSA) is 37.8 Å². The molecule has 0 atom stereocenters. The van der Waals surface area contributed by atoms with E-state index in [0.29, 0.717) is 5.15 Å². The van der Waals surface area contributed by atoms with Gasteiger partial charge in [0, 0.05) is 20.4 Å². The third kappa shape index (κ3) is 3.51. The first-order valence-electron chi connectivity index (χ1n) is 6.14. The molecule has 0 bridgehead atoms. The van der Waals surface area contributed by atoms with Gasteiger partial charge in [0.05, 0.1) is 5.69 Å². The van der Waals surface area contributed by atoms with Crippen molar-refractivity contribution < 1.29 is 0 Å². The van der Waals surface area contributed by atoms with Gasteiger partial charge in [0.2, 0.25) is 0 Å². The van der Waals surface area contributed by atoms with E-state index in [9.17, 15) is 0 Å². The molecule has 0 saturated heterocycles. The van der Waals surface area contributed by atoms with Gasteiger partial charge in [-0.3, -0.25) is 0 Å². The molecule has 1 aromatic carbocycles. The molecule has 1 N–H and O–H groups in total. The zero-order valence-corrected chi connectivity index (χ0v) is 15.3. The minimum Gasteiger partial charge on any atom is -0.339 e. The van der Waals surface area contributed by atoms with Crippen molar-refractivity contribution in [2.24, 2.45) is 0 Å². The van der Waals surface area contributed by atoms with Crippen LogP contribution in [-0.2, 0) is 0 Å². The molecule has 0 aliphatic rings. The maximum Gasteiger partial charge on any atom is 0.138 e. The highest BCUT2D eigenvalue weighted by Crippen LogP contribution is 2.31. The van der Waals surface area contributed by atoms with E-state index >= 15 is 0 Å². The Hall–Kier alpha value is -0.650. The molecule has 106 valence electrons. The maximum atomic E-state index is 6.19. The summed E-state index contributed by atoms with van der Waals surface area (Å²) in [6, 6.07) is 5.91. The van der Waals surface area contributed by atoms with E-state index in [2.05, 4.69) is 47.1 Å². The fraction of sp³-hybridized carbons (Fsp3) is 0.286. The van der Waals surface area contributed by atoms with Gasteiger partial charge in [-0.05, 0) is 41.1 Å². The van der Waals surface area contributed by atoms with Gasteiger partial charge in [-0.25, -0.2) is 9.97 Å². The lowest BCUT2D eigenvalue weighted by Crippen LogP contribution is -2.05. The van der Waals surface area contributed by atoms with Crippen molar-refractivity contribution in [3.05, 3.63) is 43.7 Å². The number of hydrogen-bond donors (Lipinski definition) is 1. The first kappa shape index (κ1) is 15.7. The van der Waals surface area contributed by atoms with Gasteiger partial charge < -0.3 is 5.32 Å². The van der Waals surface area contributed by atoms with E-state index in [1.54, 1.807) is 0 Å². The molecule has 0 amide bonds. The number of benzene rings is 1. The summed E-state index contributed by atoms with van der Waals surface area (Å²) in [6.45, 7) is 5.99. The van der Waals surface area contributed by atoms with Gasteiger partial charge >= 0.3 is 0 Å². The summed E-state index contributed by atoms with van der Waals surface area (Å²) in [5, 5.41) is 3.79. The van der Waals surface area contributed by atoms with Crippen LogP contribution in [0.15, 0.2) is 27.1 Å². The Morgan fingerprint density at radius 2 is 1.90 bits per heavy atom. The SMILES string of the molecule is Cc1c(Cl)nc(C(C)C)nc1Nc1cc(Br)ccc1Br. The summed E-state index contributed by atoms with van der Waals surface area (Å²) in [7, 11) is 0. The largest absolute Gasteiger partial charge is 0.339 e. The fourth-order valence-electron chi connectivity index (χ4n) is 1.61. The Bertz CT molecular complexity index is 645. The zero-order chi connectivity index (χ0) is 14.9. The second-order valence-corrected chi connectivity index (χ2v) is 6.88. The summed E-state index contributed by atoms with van der Waals surface area (Å²) in [5.41, 5.74) is 1.76. The summed E-state index contributed by atoms with van der Waals surface area (Å²) < 4.78 is 1.95. The van der Waals surface area contributed by atoms with E-state index in [-0.39, 0.29) is 5.92 Å². The molecule has 1 aromatic heterocycles. The van der Waals surface area contributed by atoms with Gasteiger partial charge in [-0.15, -0.1) is 0 Å². The number of rotatable bonds is 3. The number of halogens is 3. The van der Waals surface area contributed by atoms with Crippen LogP contribution >= 0.6 is 43.5 Å². The highest BCUT2D eigenvalue weighted by atomic mass is 79.9. The fourth-order valence-corrected chi connectivity index (χ4v) is 2.49. The van der Waals surface area contributed by atoms with E-state index in [1.807, 2.05) is 39.0 Å². The maximum absolute atomic E-state index is 6.19. The van der Waals surface area contributed by atoms with E-state index in [1.165, 1.54) is 0 Å². The van der Waals surface area contributed by atoms with Gasteiger partial charge in [0.15, 0.2) is 0 Å². The number of hydrogen-bond acceptors (Lipinski definition) is 3. The molecule has 2 aromatic rings. The van der Waals surface area contributed by atoms with Crippen LogP contribution in [0.1, 0.15) is 31.2 Å². The van der Waals surface area contributed by atoms with Gasteiger partial charge in [-0.1, -0.05) is 41.4 Å². The van der Waals surface area contributed by atoms with Crippen LogP contribution in [0.5, 0.6) is 0 Å². The number of nitrogens with zero attached hydrogens (tertiary/aromatic N) is 2. The zero-order valence-electron chi connectivity index (χ0n) is 11.3. The molecule has 0 aliphatic heterocycles. The van der Waals surface area contributed by atoms with Crippen LogP contribution in [0, 0.1) is 6.92 Å². The van der Waals surface area contributed by atoms with E-state index < -0.39 is 0 Å². The predicted octanol–water partition coefficient (Wildman–Crippen LogP) is 5.83. The Morgan fingerprint density at radius 1 is 1.20 bits per heavy atom. The lowest BCUT2D eigenvalue weighted by Gasteiger charge is -2.14. The second kappa shape index (κ2) is 6.41. The molecule has 6 heteroatoms. The van der Waals surface area contributed by atoms with E-state index in [4.69, 9.17) is 11.6 Å². The van der Waals surface area contributed by atoms with Crippen LogP contribution < -0.4 is 5.32 Å². The van der Waals surface area contributed by atoms with Crippen molar-refractivity contribution in [3.63, 3.8) is 0 Å². The Labute approximate surface area is 140 Å². The molecule has 0 aliphatic carbocycles. The van der Waals surface area contributed by atoms with Crippen molar-refractivity contribution in [2.45, 2.75) is 26.7 Å². The number of nitrogens with one attached hydrogen (secondary N) is 1. The first-order valence-corrected chi connectivity index (χ1v) is 8.11. The smallest absolute Gasteiger partial charge is 0.138 e. The molecule has 3 nitrogen and oxygen atoms in total. The molecular weight excluding hydrogens is 405 g/mol. The third-order valence-corrected chi connectivity index (χ3v) is 4.35. The lowest BCUT2D eigenvalue weighted by molar-refractivity contribution is 0.773. The van der Waals surface area contributed by atoms with E-state index in [0.717, 1.165) is 31.8 Å². The third-order valence-electron chi connectivity index (χ3n) is 2.80. The van der Waals surface area contributed by atoms with Crippen molar-refractivity contribution in [2.75, 3.05) is 5.32 Å². The molecule has 0 radical (unpaired) electrons. The molecule has 1 heterocycles. The van der Waals surface area contributed by atoms with Crippen molar-refractivity contribution in [1.82, 2.24) is 9.97 Å². The van der Waals surface area contributed by atoms with Gasteiger partial charge in [-0.2, -0.15) is 0 Å². The van der Waals surface area contributed by atoms with Crippen LogP contribution in [0.25, 0.3) is 0 Å². The van der Waals surface area contributed by atoms with Gasteiger partial charge in [0.25, 0.3) is 0 Å². The first-order chi connectivity index (χ1) is 9.38. The molecule has 0 saturated carbocycles.